The van der Waals surface area contributed by atoms with Crippen LogP contribution in [0.5, 0.6) is 0 Å². The van der Waals surface area contributed by atoms with Crippen LogP contribution in [0, 0.1) is 6.92 Å². The lowest BCUT2D eigenvalue weighted by atomic mass is 10.1. The minimum absolute atomic E-state index is 0.984. The molecule has 0 aromatic heterocycles. The van der Waals surface area contributed by atoms with Crippen molar-refractivity contribution in [3.8, 4) is 0 Å². The summed E-state index contributed by atoms with van der Waals surface area (Å²) in [4.78, 5) is 0. The first kappa shape index (κ1) is 11.5. The van der Waals surface area contributed by atoms with Gasteiger partial charge in [0.25, 0.3) is 0 Å². The van der Waals surface area contributed by atoms with Gasteiger partial charge in [0.1, 0.15) is 0 Å². The molecule has 1 aromatic carbocycles. The Morgan fingerprint density at radius 1 is 1.33 bits per heavy atom. The van der Waals surface area contributed by atoms with Gasteiger partial charge < -0.3 is 0 Å². The summed E-state index contributed by atoms with van der Waals surface area (Å²) >= 11 is 0. The molecule has 0 aliphatic heterocycles. The molecule has 0 heterocycles. The van der Waals surface area contributed by atoms with Crippen LogP contribution < -0.4 is 0 Å². The first-order valence-electron chi connectivity index (χ1n) is 5.27. The number of benzene rings is 1. The van der Waals surface area contributed by atoms with Crippen LogP contribution in [0.25, 0.3) is 0 Å². The van der Waals surface area contributed by atoms with Gasteiger partial charge in [-0.05, 0) is 37.0 Å². The summed E-state index contributed by atoms with van der Waals surface area (Å²) in [5, 5.41) is 0. The molecule has 0 bridgehead atoms. The smallest absolute Gasteiger partial charge is 0.00915 e. The van der Waals surface area contributed by atoms with E-state index in [9.17, 15) is 0 Å². The second kappa shape index (κ2) is 6.02. The van der Waals surface area contributed by atoms with Gasteiger partial charge >= 0.3 is 0 Å². The SMILES string of the molecule is C=CC(/C=C/Cc1ccccc1C)=C\C. The van der Waals surface area contributed by atoms with E-state index >= 15 is 0 Å². The normalized spacial score (nSPS) is 12.0. The van der Waals surface area contributed by atoms with Crippen molar-refractivity contribution in [2.75, 3.05) is 0 Å². The second-order valence-electron chi connectivity index (χ2n) is 3.53. The maximum absolute atomic E-state index is 3.76. The van der Waals surface area contributed by atoms with E-state index in [1.807, 2.05) is 13.0 Å². The van der Waals surface area contributed by atoms with Crippen LogP contribution in [-0.2, 0) is 6.42 Å². The van der Waals surface area contributed by atoms with Gasteiger partial charge in [0, 0.05) is 0 Å². The molecule has 0 radical (unpaired) electrons. The largest absolute Gasteiger partial charge is 0.0985 e. The van der Waals surface area contributed by atoms with Gasteiger partial charge in [0.05, 0.1) is 0 Å². The quantitative estimate of drug-likeness (QED) is 0.635. The summed E-state index contributed by atoms with van der Waals surface area (Å²) in [5.41, 5.74) is 3.90. The third kappa shape index (κ3) is 3.59. The van der Waals surface area contributed by atoms with E-state index in [1.165, 1.54) is 16.7 Å². The highest BCUT2D eigenvalue weighted by Crippen LogP contribution is 2.09. The van der Waals surface area contributed by atoms with E-state index in [-0.39, 0.29) is 0 Å². The molecule has 0 saturated carbocycles. The third-order valence-electron chi connectivity index (χ3n) is 2.48. The Morgan fingerprint density at radius 3 is 2.67 bits per heavy atom. The predicted molar refractivity (Wildman–Crippen MR) is 68.0 cm³/mol. The van der Waals surface area contributed by atoms with Crippen molar-refractivity contribution >= 4 is 0 Å². The van der Waals surface area contributed by atoms with Gasteiger partial charge in [-0.2, -0.15) is 0 Å². The number of hydrogen-bond acceptors (Lipinski definition) is 0. The van der Waals surface area contributed by atoms with Gasteiger partial charge in [-0.3, -0.25) is 0 Å². The summed E-state index contributed by atoms with van der Waals surface area (Å²) < 4.78 is 0. The third-order valence-corrected chi connectivity index (χ3v) is 2.48. The molecule has 0 amide bonds. The summed E-state index contributed by atoms with van der Waals surface area (Å²) in [6.07, 6.45) is 9.20. The first-order valence-corrected chi connectivity index (χ1v) is 5.27. The first-order chi connectivity index (χ1) is 7.27. The fraction of sp³-hybridized carbons (Fsp3) is 0.200. The van der Waals surface area contributed by atoms with Gasteiger partial charge in [0.15, 0.2) is 0 Å². The average Bonchev–Trinajstić information content (AvgIpc) is 2.27. The Kier molecular flexibility index (Phi) is 4.62. The molecular formula is C15H18. The van der Waals surface area contributed by atoms with E-state index in [4.69, 9.17) is 0 Å². The van der Waals surface area contributed by atoms with Crippen molar-refractivity contribution in [1.29, 1.82) is 0 Å². The Bertz CT molecular complexity index is 381. The number of rotatable bonds is 4. The zero-order valence-corrected chi connectivity index (χ0v) is 9.53. The van der Waals surface area contributed by atoms with Crippen molar-refractivity contribution in [2.24, 2.45) is 0 Å². The predicted octanol–water partition coefficient (Wildman–Crippen LogP) is 4.23. The highest BCUT2D eigenvalue weighted by Gasteiger charge is 1.92. The van der Waals surface area contributed by atoms with Crippen LogP contribution in [0.3, 0.4) is 0 Å². The monoisotopic (exact) mass is 198 g/mol. The van der Waals surface area contributed by atoms with Crippen molar-refractivity contribution in [3.05, 3.63) is 71.8 Å². The lowest BCUT2D eigenvalue weighted by Crippen LogP contribution is -1.85. The molecule has 0 spiro atoms. The zero-order chi connectivity index (χ0) is 11.1. The molecule has 0 fully saturated rings. The minimum atomic E-state index is 0.984. The van der Waals surface area contributed by atoms with Gasteiger partial charge in [-0.25, -0.2) is 0 Å². The van der Waals surface area contributed by atoms with E-state index in [0.29, 0.717) is 0 Å². The molecule has 0 heteroatoms. The standard InChI is InChI=1S/C15H18/c1-4-14(5-2)10-8-12-15-11-7-6-9-13(15)3/h4-11H,1,12H2,2-3H3/b10-8+,14-5+. The van der Waals surface area contributed by atoms with Gasteiger partial charge in [0.2, 0.25) is 0 Å². The molecule has 0 saturated heterocycles. The highest BCUT2D eigenvalue weighted by atomic mass is 14.0. The summed E-state index contributed by atoms with van der Waals surface area (Å²) in [6.45, 7) is 7.92. The van der Waals surface area contributed by atoms with E-state index < -0.39 is 0 Å². The average molecular weight is 198 g/mol. The van der Waals surface area contributed by atoms with Crippen LogP contribution in [0.2, 0.25) is 0 Å². The van der Waals surface area contributed by atoms with Crippen LogP contribution in [-0.4, -0.2) is 0 Å². The topological polar surface area (TPSA) is 0 Å². The molecule has 15 heavy (non-hydrogen) atoms. The van der Waals surface area contributed by atoms with Gasteiger partial charge in [-0.15, -0.1) is 0 Å². The Balaban J connectivity index is 2.65. The van der Waals surface area contributed by atoms with Crippen molar-refractivity contribution in [2.45, 2.75) is 20.3 Å². The Morgan fingerprint density at radius 2 is 2.07 bits per heavy atom. The number of aryl methyl sites for hydroxylation is 1. The van der Waals surface area contributed by atoms with E-state index in [2.05, 4.69) is 56.0 Å². The molecule has 0 nitrogen and oxygen atoms in total. The van der Waals surface area contributed by atoms with Crippen molar-refractivity contribution in [3.63, 3.8) is 0 Å². The summed E-state index contributed by atoms with van der Waals surface area (Å²) in [7, 11) is 0. The maximum atomic E-state index is 3.76. The van der Waals surface area contributed by atoms with Crippen LogP contribution in [0.4, 0.5) is 0 Å². The van der Waals surface area contributed by atoms with Gasteiger partial charge in [-0.1, -0.05) is 55.1 Å². The Labute approximate surface area is 92.6 Å². The molecule has 0 aliphatic rings. The van der Waals surface area contributed by atoms with E-state index in [0.717, 1.165) is 6.42 Å². The summed E-state index contributed by atoms with van der Waals surface area (Å²) in [6, 6.07) is 8.47. The maximum Gasteiger partial charge on any atom is -0.00915 e. The number of hydrogen-bond donors (Lipinski definition) is 0. The molecule has 0 N–H and O–H groups in total. The second-order valence-corrected chi connectivity index (χ2v) is 3.53. The minimum Gasteiger partial charge on any atom is -0.0985 e. The lowest BCUT2D eigenvalue weighted by Gasteiger charge is -2.00. The molecule has 1 rings (SSSR count). The van der Waals surface area contributed by atoms with Crippen molar-refractivity contribution < 1.29 is 0 Å². The molecule has 1 aromatic rings. The molecular weight excluding hydrogens is 180 g/mol. The van der Waals surface area contributed by atoms with Crippen LogP contribution in [0.15, 0.2) is 60.7 Å². The van der Waals surface area contributed by atoms with E-state index in [1.54, 1.807) is 0 Å². The molecule has 78 valence electrons. The van der Waals surface area contributed by atoms with Crippen LogP contribution >= 0.6 is 0 Å². The molecule has 0 aliphatic carbocycles. The zero-order valence-electron chi connectivity index (χ0n) is 9.53. The fourth-order valence-corrected chi connectivity index (χ4v) is 1.44. The van der Waals surface area contributed by atoms with Crippen LogP contribution in [0.1, 0.15) is 18.1 Å². The molecule has 0 unspecified atom stereocenters. The highest BCUT2D eigenvalue weighted by molar-refractivity contribution is 5.32. The molecule has 0 atom stereocenters. The van der Waals surface area contributed by atoms with Crippen molar-refractivity contribution in [1.82, 2.24) is 0 Å². The number of allylic oxidation sites excluding steroid dienone is 5. The lowest BCUT2D eigenvalue weighted by molar-refractivity contribution is 1.21. The summed E-state index contributed by atoms with van der Waals surface area (Å²) in [5.74, 6) is 0. The fourth-order valence-electron chi connectivity index (χ4n) is 1.44. The Hall–Kier alpha value is -1.56.